The van der Waals surface area contributed by atoms with Gasteiger partial charge in [0.15, 0.2) is 0 Å². The normalized spacial score (nSPS) is 14.4. The van der Waals surface area contributed by atoms with Crippen molar-refractivity contribution in [3.05, 3.63) is 95.6 Å². The number of hydrogen-bond donors (Lipinski definition) is 1. The summed E-state index contributed by atoms with van der Waals surface area (Å²) >= 11 is 0. The standard InChI is InChI=1S/C21H19N/c22-21(15-14-16-8-2-1-3-9-16)19-12-6-4-10-17(19)18-11-5-7-13-20(18)21/h1-13H,14-15,22H2. The number of aryl methyl sites for hydroxylation is 1. The van der Waals surface area contributed by atoms with Crippen molar-refractivity contribution < 1.29 is 0 Å². The first-order chi connectivity index (χ1) is 10.8. The molecule has 0 spiro atoms. The molecule has 0 amide bonds. The Morgan fingerprint density at radius 2 is 1.14 bits per heavy atom. The lowest BCUT2D eigenvalue weighted by Crippen LogP contribution is -2.36. The molecule has 3 aromatic carbocycles. The first-order valence-corrected chi connectivity index (χ1v) is 7.81. The van der Waals surface area contributed by atoms with Gasteiger partial charge in [-0.25, -0.2) is 0 Å². The van der Waals surface area contributed by atoms with Crippen LogP contribution < -0.4 is 5.73 Å². The van der Waals surface area contributed by atoms with E-state index in [1.165, 1.54) is 27.8 Å². The van der Waals surface area contributed by atoms with E-state index in [-0.39, 0.29) is 5.54 Å². The van der Waals surface area contributed by atoms with Gasteiger partial charge < -0.3 is 5.73 Å². The molecule has 0 heterocycles. The molecule has 1 aliphatic rings. The van der Waals surface area contributed by atoms with Crippen LogP contribution in [0.15, 0.2) is 78.9 Å². The van der Waals surface area contributed by atoms with Gasteiger partial charge in [-0.05, 0) is 40.7 Å². The molecular formula is C21H19N. The fraction of sp³-hybridized carbons (Fsp3) is 0.143. The topological polar surface area (TPSA) is 26.0 Å². The molecule has 0 atom stereocenters. The zero-order valence-corrected chi connectivity index (χ0v) is 12.5. The van der Waals surface area contributed by atoms with Gasteiger partial charge in [-0.15, -0.1) is 0 Å². The fourth-order valence-corrected chi connectivity index (χ4v) is 3.61. The monoisotopic (exact) mass is 285 g/mol. The smallest absolute Gasteiger partial charge is 0.0680 e. The molecule has 4 rings (SSSR count). The summed E-state index contributed by atoms with van der Waals surface area (Å²) in [4.78, 5) is 0. The summed E-state index contributed by atoms with van der Waals surface area (Å²) in [6.07, 6.45) is 1.91. The SMILES string of the molecule is NC1(CCc2ccccc2)c2ccccc2-c2ccccc21. The van der Waals surface area contributed by atoms with E-state index in [9.17, 15) is 0 Å². The summed E-state index contributed by atoms with van der Waals surface area (Å²) in [5.41, 5.74) is 13.0. The lowest BCUT2D eigenvalue weighted by molar-refractivity contribution is 0.504. The first kappa shape index (κ1) is 13.3. The van der Waals surface area contributed by atoms with E-state index in [1.54, 1.807) is 0 Å². The average Bonchev–Trinajstić information content (AvgIpc) is 2.85. The highest BCUT2D eigenvalue weighted by Gasteiger charge is 2.38. The fourth-order valence-electron chi connectivity index (χ4n) is 3.61. The summed E-state index contributed by atoms with van der Waals surface area (Å²) < 4.78 is 0. The van der Waals surface area contributed by atoms with Crippen LogP contribution in [0.4, 0.5) is 0 Å². The molecule has 0 saturated heterocycles. The molecule has 0 aromatic heterocycles. The van der Waals surface area contributed by atoms with Gasteiger partial charge in [-0.1, -0.05) is 78.9 Å². The van der Waals surface area contributed by atoms with Crippen molar-refractivity contribution >= 4 is 0 Å². The number of rotatable bonds is 3. The molecule has 0 radical (unpaired) electrons. The van der Waals surface area contributed by atoms with Crippen molar-refractivity contribution in [1.29, 1.82) is 0 Å². The average molecular weight is 285 g/mol. The van der Waals surface area contributed by atoms with Gasteiger partial charge >= 0.3 is 0 Å². The van der Waals surface area contributed by atoms with Gasteiger partial charge in [0.1, 0.15) is 0 Å². The Labute approximate surface area is 131 Å². The van der Waals surface area contributed by atoms with E-state index in [0.717, 1.165) is 12.8 Å². The van der Waals surface area contributed by atoms with Gasteiger partial charge in [-0.3, -0.25) is 0 Å². The summed E-state index contributed by atoms with van der Waals surface area (Å²) in [6.45, 7) is 0. The molecule has 0 aliphatic heterocycles. The number of nitrogens with two attached hydrogens (primary N) is 1. The summed E-state index contributed by atoms with van der Waals surface area (Å²) in [5, 5.41) is 0. The van der Waals surface area contributed by atoms with E-state index in [2.05, 4.69) is 78.9 Å². The Hall–Kier alpha value is -2.38. The summed E-state index contributed by atoms with van der Waals surface area (Å²) in [6, 6.07) is 27.7. The zero-order valence-electron chi connectivity index (χ0n) is 12.5. The number of fused-ring (bicyclic) bond motifs is 3. The molecule has 108 valence electrons. The summed E-state index contributed by atoms with van der Waals surface area (Å²) in [7, 11) is 0. The first-order valence-electron chi connectivity index (χ1n) is 7.81. The second kappa shape index (κ2) is 5.11. The molecule has 0 saturated carbocycles. The molecule has 2 N–H and O–H groups in total. The Kier molecular flexibility index (Phi) is 3.09. The molecule has 0 unspecified atom stereocenters. The Morgan fingerprint density at radius 3 is 1.73 bits per heavy atom. The molecule has 1 nitrogen and oxygen atoms in total. The van der Waals surface area contributed by atoms with Crippen molar-refractivity contribution in [2.24, 2.45) is 5.73 Å². The highest BCUT2D eigenvalue weighted by molar-refractivity contribution is 5.80. The van der Waals surface area contributed by atoms with Gasteiger partial charge in [-0.2, -0.15) is 0 Å². The Bertz CT molecular complexity index is 759. The van der Waals surface area contributed by atoms with Crippen LogP contribution in [0.3, 0.4) is 0 Å². The highest BCUT2D eigenvalue weighted by atomic mass is 14.8. The third-order valence-corrected chi connectivity index (χ3v) is 4.76. The molecule has 0 fully saturated rings. The van der Waals surface area contributed by atoms with Crippen molar-refractivity contribution in [3.63, 3.8) is 0 Å². The van der Waals surface area contributed by atoms with E-state index >= 15 is 0 Å². The van der Waals surface area contributed by atoms with Crippen LogP contribution in [-0.4, -0.2) is 0 Å². The number of hydrogen-bond acceptors (Lipinski definition) is 1. The summed E-state index contributed by atoms with van der Waals surface area (Å²) in [5.74, 6) is 0. The largest absolute Gasteiger partial charge is 0.318 e. The van der Waals surface area contributed by atoms with Crippen molar-refractivity contribution in [2.45, 2.75) is 18.4 Å². The lowest BCUT2D eigenvalue weighted by Gasteiger charge is -2.27. The van der Waals surface area contributed by atoms with Gasteiger partial charge in [0.2, 0.25) is 0 Å². The predicted octanol–water partition coefficient (Wildman–Crippen LogP) is 4.50. The minimum absolute atomic E-state index is 0.386. The van der Waals surface area contributed by atoms with Crippen LogP contribution in [0.1, 0.15) is 23.1 Å². The van der Waals surface area contributed by atoms with Crippen LogP contribution >= 0.6 is 0 Å². The molecular weight excluding hydrogens is 266 g/mol. The van der Waals surface area contributed by atoms with Crippen LogP contribution in [0.5, 0.6) is 0 Å². The van der Waals surface area contributed by atoms with Crippen LogP contribution in [-0.2, 0) is 12.0 Å². The lowest BCUT2D eigenvalue weighted by atomic mass is 9.83. The van der Waals surface area contributed by atoms with Gasteiger partial charge in [0.25, 0.3) is 0 Å². The maximum atomic E-state index is 6.93. The Morgan fingerprint density at radius 1 is 0.636 bits per heavy atom. The molecule has 0 bridgehead atoms. The van der Waals surface area contributed by atoms with E-state index < -0.39 is 0 Å². The van der Waals surface area contributed by atoms with Crippen LogP contribution in [0.25, 0.3) is 11.1 Å². The van der Waals surface area contributed by atoms with E-state index in [4.69, 9.17) is 5.73 Å². The van der Waals surface area contributed by atoms with E-state index in [1.807, 2.05) is 0 Å². The highest BCUT2D eigenvalue weighted by Crippen LogP contribution is 2.47. The van der Waals surface area contributed by atoms with Crippen molar-refractivity contribution in [1.82, 2.24) is 0 Å². The van der Waals surface area contributed by atoms with Crippen molar-refractivity contribution in [2.75, 3.05) is 0 Å². The molecule has 3 aromatic rings. The van der Waals surface area contributed by atoms with Crippen LogP contribution in [0.2, 0.25) is 0 Å². The number of benzene rings is 3. The zero-order chi connectivity index (χ0) is 15.0. The van der Waals surface area contributed by atoms with E-state index in [0.29, 0.717) is 0 Å². The maximum Gasteiger partial charge on any atom is 0.0680 e. The molecule has 22 heavy (non-hydrogen) atoms. The van der Waals surface area contributed by atoms with Crippen LogP contribution in [0, 0.1) is 0 Å². The van der Waals surface area contributed by atoms with Crippen molar-refractivity contribution in [3.8, 4) is 11.1 Å². The third-order valence-electron chi connectivity index (χ3n) is 4.76. The second-order valence-electron chi connectivity index (χ2n) is 6.05. The Balaban J connectivity index is 1.76. The predicted molar refractivity (Wildman–Crippen MR) is 91.6 cm³/mol. The minimum atomic E-state index is -0.386. The van der Waals surface area contributed by atoms with Gasteiger partial charge in [0, 0.05) is 0 Å². The van der Waals surface area contributed by atoms with Gasteiger partial charge in [0.05, 0.1) is 5.54 Å². The second-order valence-corrected chi connectivity index (χ2v) is 6.05. The quantitative estimate of drug-likeness (QED) is 0.753. The third kappa shape index (κ3) is 1.98. The molecule has 1 aliphatic carbocycles. The molecule has 1 heteroatoms. The maximum absolute atomic E-state index is 6.93. The minimum Gasteiger partial charge on any atom is -0.318 e.